The number of hydrogen-bond acceptors (Lipinski definition) is 4. The quantitative estimate of drug-likeness (QED) is 0.791. The molecule has 16 heavy (non-hydrogen) atoms. The molecule has 1 aromatic rings. The highest BCUT2D eigenvalue weighted by Crippen LogP contribution is 2.18. The Hall–Kier alpha value is -0.660. The van der Waals surface area contributed by atoms with Gasteiger partial charge >= 0.3 is 6.18 Å². The minimum absolute atomic E-state index is 0.0827. The summed E-state index contributed by atoms with van der Waals surface area (Å²) in [7, 11) is 1.57. The predicted octanol–water partition coefficient (Wildman–Crippen LogP) is 2.33. The van der Waals surface area contributed by atoms with Crippen LogP contribution in [-0.2, 0) is 17.9 Å². The molecule has 0 radical (unpaired) electrons. The van der Waals surface area contributed by atoms with Crippen LogP contribution in [0.25, 0.3) is 0 Å². The van der Waals surface area contributed by atoms with Crippen LogP contribution in [0.3, 0.4) is 0 Å². The molecule has 7 heteroatoms. The lowest BCUT2D eigenvalue weighted by Gasteiger charge is -2.06. The highest BCUT2D eigenvalue weighted by Gasteiger charge is 2.25. The second-order valence-corrected chi connectivity index (χ2v) is 4.15. The van der Waals surface area contributed by atoms with E-state index in [2.05, 4.69) is 10.3 Å². The average Bonchev–Trinajstić information content (AvgIpc) is 2.60. The molecule has 0 aromatic carbocycles. The van der Waals surface area contributed by atoms with Crippen molar-refractivity contribution in [3.05, 3.63) is 16.1 Å². The van der Waals surface area contributed by atoms with Gasteiger partial charge in [-0.3, -0.25) is 0 Å². The number of methoxy groups -OCH3 is 1. The zero-order valence-corrected chi connectivity index (χ0v) is 9.62. The zero-order chi connectivity index (χ0) is 12.0. The Morgan fingerprint density at radius 1 is 1.50 bits per heavy atom. The van der Waals surface area contributed by atoms with Crippen LogP contribution in [0.4, 0.5) is 13.2 Å². The molecule has 3 nitrogen and oxygen atoms in total. The Kier molecular flexibility index (Phi) is 5.17. The summed E-state index contributed by atoms with van der Waals surface area (Å²) in [4.78, 5) is 4.18. The predicted molar refractivity (Wildman–Crippen MR) is 55.2 cm³/mol. The summed E-state index contributed by atoms with van der Waals surface area (Å²) in [5.74, 6) is 0. The van der Waals surface area contributed by atoms with E-state index in [4.69, 9.17) is 4.74 Å². The van der Waals surface area contributed by atoms with Crippen molar-refractivity contribution in [3.8, 4) is 0 Å². The van der Waals surface area contributed by atoms with Crippen LogP contribution in [0.2, 0.25) is 0 Å². The Morgan fingerprint density at radius 2 is 2.25 bits per heavy atom. The van der Waals surface area contributed by atoms with Gasteiger partial charge in [0.25, 0.3) is 0 Å². The van der Waals surface area contributed by atoms with E-state index in [0.717, 1.165) is 10.7 Å². The van der Waals surface area contributed by atoms with Crippen LogP contribution in [0.1, 0.15) is 17.1 Å². The van der Waals surface area contributed by atoms with Crippen LogP contribution in [-0.4, -0.2) is 24.8 Å². The lowest BCUT2D eigenvalue weighted by Crippen LogP contribution is -2.21. The smallest absolute Gasteiger partial charge is 0.378 e. The number of thiazole rings is 1. The van der Waals surface area contributed by atoms with E-state index in [1.54, 1.807) is 7.11 Å². The van der Waals surface area contributed by atoms with E-state index in [1.165, 1.54) is 11.3 Å². The first kappa shape index (κ1) is 13.4. The number of aromatic nitrogens is 1. The Morgan fingerprint density at radius 3 is 2.88 bits per heavy atom. The van der Waals surface area contributed by atoms with Crippen molar-refractivity contribution in [1.82, 2.24) is 10.3 Å². The molecule has 1 aromatic heterocycles. The normalized spacial score (nSPS) is 12.0. The fraction of sp³-hybridized carbons (Fsp3) is 0.667. The largest absolute Gasteiger partial charge is 0.390 e. The molecule has 0 saturated carbocycles. The number of ether oxygens (including phenoxy) is 1. The minimum Gasteiger partial charge on any atom is -0.378 e. The third-order valence-corrected chi connectivity index (χ3v) is 2.63. The SMILES string of the molecule is COCc1nc(CNCCC(F)(F)F)cs1. The molecule has 0 amide bonds. The first-order chi connectivity index (χ1) is 7.51. The number of nitrogens with zero attached hydrogens (tertiary/aromatic N) is 1. The Labute approximate surface area is 95.6 Å². The molecule has 1 N–H and O–H groups in total. The van der Waals surface area contributed by atoms with E-state index in [9.17, 15) is 13.2 Å². The summed E-state index contributed by atoms with van der Waals surface area (Å²) in [5, 5.41) is 5.34. The van der Waals surface area contributed by atoms with Gasteiger partial charge in [0.15, 0.2) is 0 Å². The summed E-state index contributed by atoms with van der Waals surface area (Å²) in [6.45, 7) is 0.712. The lowest BCUT2D eigenvalue weighted by molar-refractivity contribution is -0.133. The van der Waals surface area contributed by atoms with Gasteiger partial charge in [0, 0.05) is 25.6 Å². The Bertz CT molecular complexity index is 314. The summed E-state index contributed by atoms with van der Waals surface area (Å²) in [6, 6.07) is 0. The topological polar surface area (TPSA) is 34.1 Å². The van der Waals surface area contributed by atoms with Crippen molar-refractivity contribution in [1.29, 1.82) is 0 Å². The fourth-order valence-electron chi connectivity index (χ4n) is 1.07. The van der Waals surface area contributed by atoms with Gasteiger partial charge in [-0.25, -0.2) is 4.98 Å². The molecule has 1 rings (SSSR count). The van der Waals surface area contributed by atoms with Crippen molar-refractivity contribution < 1.29 is 17.9 Å². The van der Waals surface area contributed by atoms with Crippen LogP contribution >= 0.6 is 11.3 Å². The third kappa shape index (κ3) is 5.43. The van der Waals surface area contributed by atoms with Crippen molar-refractivity contribution >= 4 is 11.3 Å². The van der Waals surface area contributed by atoms with E-state index >= 15 is 0 Å². The molecular weight excluding hydrogens is 241 g/mol. The average molecular weight is 254 g/mol. The standard InChI is InChI=1S/C9H13F3N2OS/c1-15-5-8-14-7(6-16-8)4-13-3-2-9(10,11)12/h6,13H,2-5H2,1H3. The van der Waals surface area contributed by atoms with Crippen molar-refractivity contribution in [2.75, 3.05) is 13.7 Å². The van der Waals surface area contributed by atoms with E-state index in [1.807, 2.05) is 5.38 Å². The van der Waals surface area contributed by atoms with Crippen LogP contribution in [0.5, 0.6) is 0 Å². The molecule has 92 valence electrons. The van der Waals surface area contributed by atoms with Gasteiger partial charge in [-0.05, 0) is 0 Å². The molecule has 1 heterocycles. The van der Waals surface area contributed by atoms with E-state index in [-0.39, 0.29) is 6.54 Å². The fourth-order valence-corrected chi connectivity index (χ4v) is 1.83. The van der Waals surface area contributed by atoms with E-state index in [0.29, 0.717) is 13.2 Å². The van der Waals surface area contributed by atoms with Gasteiger partial charge in [0.2, 0.25) is 0 Å². The summed E-state index contributed by atoms with van der Waals surface area (Å²) >= 11 is 1.44. The maximum Gasteiger partial charge on any atom is 0.390 e. The van der Waals surface area contributed by atoms with E-state index < -0.39 is 12.6 Å². The number of alkyl halides is 3. The number of nitrogens with one attached hydrogen (secondary N) is 1. The van der Waals surface area contributed by atoms with Gasteiger partial charge in [0.05, 0.1) is 18.7 Å². The van der Waals surface area contributed by atoms with Gasteiger partial charge in [-0.1, -0.05) is 0 Å². The Balaban J connectivity index is 2.21. The maximum absolute atomic E-state index is 11.8. The third-order valence-electron chi connectivity index (χ3n) is 1.76. The molecule has 0 aliphatic heterocycles. The second kappa shape index (κ2) is 6.17. The molecule has 0 spiro atoms. The lowest BCUT2D eigenvalue weighted by atomic mass is 10.4. The second-order valence-electron chi connectivity index (χ2n) is 3.21. The molecule has 0 fully saturated rings. The first-order valence-electron chi connectivity index (χ1n) is 4.71. The summed E-state index contributed by atoms with van der Waals surface area (Å²) < 4.78 is 40.3. The molecule has 0 atom stereocenters. The molecular formula is C9H13F3N2OS. The molecule has 0 bridgehead atoms. The first-order valence-corrected chi connectivity index (χ1v) is 5.59. The summed E-state index contributed by atoms with van der Waals surface area (Å²) in [5.41, 5.74) is 0.749. The molecule has 0 aliphatic carbocycles. The van der Waals surface area contributed by atoms with Gasteiger partial charge in [-0.2, -0.15) is 13.2 Å². The molecule has 0 saturated heterocycles. The number of hydrogen-bond donors (Lipinski definition) is 1. The molecule has 0 unspecified atom stereocenters. The van der Waals surface area contributed by atoms with Gasteiger partial charge in [0.1, 0.15) is 5.01 Å². The van der Waals surface area contributed by atoms with Crippen molar-refractivity contribution in [2.24, 2.45) is 0 Å². The van der Waals surface area contributed by atoms with Crippen molar-refractivity contribution in [3.63, 3.8) is 0 Å². The zero-order valence-electron chi connectivity index (χ0n) is 8.80. The van der Waals surface area contributed by atoms with Crippen molar-refractivity contribution in [2.45, 2.75) is 25.7 Å². The van der Waals surface area contributed by atoms with Gasteiger partial charge in [-0.15, -0.1) is 11.3 Å². The van der Waals surface area contributed by atoms with Crippen LogP contribution in [0.15, 0.2) is 5.38 Å². The summed E-state index contributed by atoms with van der Waals surface area (Å²) in [6.07, 6.45) is -4.92. The molecule has 0 aliphatic rings. The number of halogens is 3. The monoisotopic (exact) mass is 254 g/mol. The number of rotatable bonds is 6. The minimum atomic E-state index is -4.10. The highest BCUT2D eigenvalue weighted by molar-refractivity contribution is 7.09. The maximum atomic E-state index is 11.8. The highest BCUT2D eigenvalue weighted by atomic mass is 32.1. The van der Waals surface area contributed by atoms with Crippen LogP contribution in [0, 0.1) is 0 Å². The van der Waals surface area contributed by atoms with Gasteiger partial charge < -0.3 is 10.1 Å². The van der Waals surface area contributed by atoms with Crippen LogP contribution < -0.4 is 5.32 Å².